The van der Waals surface area contributed by atoms with Crippen molar-refractivity contribution >= 4 is 24.2 Å². The lowest BCUT2D eigenvalue weighted by atomic mass is 10.1. The van der Waals surface area contributed by atoms with Crippen LogP contribution < -0.4 is 10.9 Å². The van der Waals surface area contributed by atoms with Crippen molar-refractivity contribution in [2.75, 3.05) is 0 Å². The topological polar surface area (TPSA) is 103 Å². The number of hydrazone groups is 2. The molecular formula is C11H10N4O3. The predicted octanol–water partition coefficient (Wildman–Crippen LogP) is -0.426. The molecule has 92 valence electrons. The van der Waals surface area contributed by atoms with Crippen molar-refractivity contribution in [1.82, 2.24) is 10.9 Å². The number of rotatable bonds is 3. The maximum absolute atomic E-state index is 11.5. The van der Waals surface area contributed by atoms with E-state index < -0.39 is 17.7 Å². The van der Waals surface area contributed by atoms with Gasteiger partial charge < -0.3 is 5.11 Å². The molecule has 2 amide bonds. The summed E-state index contributed by atoms with van der Waals surface area (Å²) in [6.45, 7) is 0. The normalized spacial score (nSPS) is 18.0. The summed E-state index contributed by atoms with van der Waals surface area (Å²) >= 11 is 0. The Morgan fingerprint density at radius 2 is 2.28 bits per heavy atom. The van der Waals surface area contributed by atoms with Crippen LogP contribution in [0.15, 0.2) is 34.5 Å². The Morgan fingerprint density at radius 3 is 2.94 bits per heavy atom. The van der Waals surface area contributed by atoms with E-state index in [1.54, 1.807) is 18.2 Å². The summed E-state index contributed by atoms with van der Waals surface area (Å²) < 4.78 is 0. The molecule has 7 heteroatoms. The van der Waals surface area contributed by atoms with Crippen molar-refractivity contribution in [3.05, 3.63) is 29.8 Å². The van der Waals surface area contributed by atoms with Gasteiger partial charge in [0.2, 0.25) is 0 Å². The Labute approximate surface area is 102 Å². The van der Waals surface area contributed by atoms with E-state index in [0.717, 1.165) is 0 Å². The minimum Gasteiger partial charge on any atom is -0.507 e. The minimum absolute atomic E-state index is 0.0515. The molecule has 1 aromatic rings. The highest BCUT2D eigenvalue weighted by Gasteiger charge is 2.28. The summed E-state index contributed by atoms with van der Waals surface area (Å²) in [5, 5.41) is 16.6. The maximum atomic E-state index is 11.5. The summed E-state index contributed by atoms with van der Waals surface area (Å²) in [6.07, 6.45) is 2.49. The molecule has 0 radical (unpaired) electrons. The number of para-hydroxylation sites is 1. The van der Waals surface area contributed by atoms with E-state index in [2.05, 4.69) is 21.1 Å². The highest BCUT2D eigenvalue weighted by atomic mass is 16.3. The number of phenols is 1. The third kappa shape index (κ3) is 2.51. The molecule has 0 aromatic heterocycles. The van der Waals surface area contributed by atoms with Crippen LogP contribution in [0, 0.1) is 5.92 Å². The zero-order valence-electron chi connectivity index (χ0n) is 9.20. The van der Waals surface area contributed by atoms with Crippen LogP contribution in [0.25, 0.3) is 0 Å². The number of amides is 2. The Hall–Kier alpha value is -2.70. The number of nitrogens with zero attached hydrogens (tertiary/aromatic N) is 2. The van der Waals surface area contributed by atoms with Crippen molar-refractivity contribution < 1.29 is 14.7 Å². The van der Waals surface area contributed by atoms with Crippen molar-refractivity contribution in [3.8, 4) is 5.75 Å². The van der Waals surface area contributed by atoms with Gasteiger partial charge in [0.15, 0.2) is 5.92 Å². The molecule has 3 N–H and O–H groups in total. The molecular weight excluding hydrogens is 236 g/mol. The van der Waals surface area contributed by atoms with Gasteiger partial charge in [-0.15, -0.1) is 0 Å². The molecule has 0 saturated heterocycles. The first-order chi connectivity index (χ1) is 8.68. The van der Waals surface area contributed by atoms with Crippen LogP contribution in [0.3, 0.4) is 0 Å². The molecule has 0 fully saturated rings. The van der Waals surface area contributed by atoms with Crippen LogP contribution in [0.2, 0.25) is 0 Å². The van der Waals surface area contributed by atoms with E-state index in [4.69, 9.17) is 0 Å². The molecule has 2 rings (SSSR count). The van der Waals surface area contributed by atoms with Crippen LogP contribution in [0.5, 0.6) is 5.75 Å². The number of hydrogen-bond acceptors (Lipinski definition) is 5. The van der Waals surface area contributed by atoms with Crippen LogP contribution in [-0.2, 0) is 9.59 Å². The summed E-state index contributed by atoms with van der Waals surface area (Å²) in [7, 11) is 0. The molecule has 1 aromatic carbocycles. The van der Waals surface area contributed by atoms with Gasteiger partial charge in [0, 0.05) is 11.8 Å². The molecule has 1 aliphatic rings. The lowest BCUT2D eigenvalue weighted by Gasteiger charge is -2.02. The number of hydrogen-bond donors (Lipinski definition) is 3. The van der Waals surface area contributed by atoms with Crippen molar-refractivity contribution in [2.45, 2.75) is 0 Å². The van der Waals surface area contributed by atoms with Crippen molar-refractivity contribution in [3.63, 3.8) is 0 Å². The van der Waals surface area contributed by atoms with Crippen LogP contribution in [-0.4, -0.2) is 29.4 Å². The quantitative estimate of drug-likeness (QED) is 0.383. The van der Waals surface area contributed by atoms with Gasteiger partial charge in [-0.1, -0.05) is 12.1 Å². The summed E-state index contributed by atoms with van der Waals surface area (Å²) in [5.41, 5.74) is 4.80. The highest BCUT2D eigenvalue weighted by Crippen LogP contribution is 2.12. The molecule has 0 saturated carbocycles. The standard InChI is InChI=1S/C11H10N4O3/c16-9-4-2-1-3-7(9)5-12-14-10(17)8-6-13-15-11(8)18/h1-6,8,16H,(H,14,17)(H,15,18)/b12-5+. The largest absolute Gasteiger partial charge is 0.507 e. The Kier molecular flexibility index (Phi) is 3.33. The van der Waals surface area contributed by atoms with Gasteiger partial charge in [-0.25, -0.2) is 10.9 Å². The van der Waals surface area contributed by atoms with Gasteiger partial charge in [-0.3, -0.25) is 9.59 Å². The smallest absolute Gasteiger partial charge is 0.258 e. The van der Waals surface area contributed by atoms with E-state index in [1.807, 2.05) is 0 Å². The fourth-order valence-electron chi connectivity index (χ4n) is 1.33. The molecule has 18 heavy (non-hydrogen) atoms. The minimum atomic E-state index is -0.966. The fourth-order valence-corrected chi connectivity index (χ4v) is 1.33. The molecule has 1 aliphatic heterocycles. The number of aromatic hydroxyl groups is 1. The van der Waals surface area contributed by atoms with Gasteiger partial charge in [0.05, 0.1) is 6.21 Å². The molecule has 1 unspecified atom stereocenters. The van der Waals surface area contributed by atoms with Gasteiger partial charge in [0.25, 0.3) is 11.8 Å². The van der Waals surface area contributed by atoms with Crippen LogP contribution in [0.4, 0.5) is 0 Å². The lowest BCUT2D eigenvalue weighted by Crippen LogP contribution is -2.34. The first kappa shape index (κ1) is 11.8. The molecule has 0 aliphatic carbocycles. The van der Waals surface area contributed by atoms with E-state index in [1.165, 1.54) is 18.5 Å². The van der Waals surface area contributed by atoms with Gasteiger partial charge >= 0.3 is 0 Å². The Morgan fingerprint density at radius 1 is 1.50 bits per heavy atom. The van der Waals surface area contributed by atoms with Crippen molar-refractivity contribution in [2.24, 2.45) is 16.1 Å². The van der Waals surface area contributed by atoms with Gasteiger partial charge in [-0.05, 0) is 12.1 Å². The summed E-state index contributed by atoms with van der Waals surface area (Å²) in [5.74, 6) is -1.99. The molecule has 7 nitrogen and oxygen atoms in total. The third-order valence-electron chi connectivity index (χ3n) is 2.28. The second-order valence-electron chi connectivity index (χ2n) is 3.52. The number of carbonyl (C=O) groups is 2. The molecule has 1 atom stereocenters. The number of benzene rings is 1. The Bertz CT molecular complexity index is 539. The molecule has 1 heterocycles. The van der Waals surface area contributed by atoms with Crippen molar-refractivity contribution in [1.29, 1.82) is 0 Å². The number of carbonyl (C=O) groups excluding carboxylic acids is 2. The Balaban J connectivity index is 1.96. The summed E-state index contributed by atoms with van der Waals surface area (Å²) in [6, 6.07) is 6.53. The van der Waals surface area contributed by atoms with Gasteiger partial charge in [-0.2, -0.15) is 10.2 Å². The zero-order valence-corrected chi connectivity index (χ0v) is 9.20. The maximum Gasteiger partial charge on any atom is 0.258 e. The summed E-state index contributed by atoms with van der Waals surface area (Å²) in [4.78, 5) is 22.6. The SMILES string of the molecule is O=C1NN=CC1C(=O)N/N=C/c1ccccc1O. The monoisotopic (exact) mass is 246 g/mol. The zero-order chi connectivity index (χ0) is 13.0. The second kappa shape index (κ2) is 5.09. The lowest BCUT2D eigenvalue weighted by molar-refractivity contribution is -0.131. The average Bonchev–Trinajstić information content (AvgIpc) is 2.78. The molecule has 0 bridgehead atoms. The van der Waals surface area contributed by atoms with Crippen LogP contribution >= 0.6 is 0 Å². The van der Waals surface area contributed by atoms with E-state index in [-0.39, 0.29) is 5.75 Å². The fraction of sp³-hybridized carbons (Fsp3) is 0.0909. The molecule has 0 spiro atoms. The second-order valence-corrected chi connectivity index (χ2v) is 3.52. The first-order valence-corrected chi connectivity index (χ1v) is 5.12. The van der Waals surface area contributed by atoms with E-state index in [9.17, 15) is 14.7 Å². The number of nitrogens with one attached hydrogen (secondary N) is 2. The predicted molar refractivity (Wildman–Crippen MR) is 64.0 cm³/mol. The number of phenolic OH excluding ortho intramolecular Hbond substituents is 1. The van der Waals surface area contributed by atoms with Crippen LogP contribution in [0.1, 0.15) is 5.56 Å². The average molecular weight is 246 g/mol. The third-order valence-corrected chi connectivity index (χ3v) is 2.28. The van der Waals surface area contributed by atoms with E-state index >= 15 is 0 Å². The first-order valence-electron chi connectivity index (χ1n) is 5.12. The van der Waals surface area contributed by atoms with Gasteiger partial charge in [0.1, 0.15) is 5.75 Å². The highest BCUT2D eigenvalue weighted by molar-refractivity contribution is 6.15. The van der Waals surface area contributed by atoms with E-state index in [0.29, 0.717) is 5.56 Å².